The second kappa shape index (κ2) is 7.52. The lowest BCUT2D eigenvalue weighted by Crippen LogP contribution is -2.09. The van der Waals surface area contributed by atoms with Gasteiger partial charge >= 0.3 is 0 Å². The maximum absolute atomic E-state index is 13.0. The van der Waals surface area contributed by atoms with Gasteiger partial charge in [-0.2, -0.15) is 0 Å². The molecular weight excluding hydrogens is 359 g/mol. The number of methoxy groups -OCH3 is 1. The Morgan fingerprint density at radius 3 is 2.61 bits per heavy atom. The number of aromatic amines is 1. The fraction of sp³-hybridized carbons (Fsp3) is 0.0909. The first-order valence-corrected chi connectivity index (χ1v) is 8.69. The number of halogens is 1. The number of hydrogen-bond donors (Lipinski definition) is 1. The molecule has 1 aromatic heterocycles. The molecule has 6 heteroatoms. The summed E-state index contributed by atoms with van der Waals surface area (Å²) >= 11 is 0. The third-order valence-corrected chi connectivity index (χ3v) is 4.37. The molecule has 3 aromatic carbocycles. The van der Waals surface area contributed by atoms with Crippen LogP contribution in [0.3, 0.4) is 0 Å². The average molecular weight is 376 g/mol. The van der Waals surface area contributed by atoms with Crippen LogP contribution in [0.15, 0.2) is 71.5 Å². The van der Waals surface area contributed by atoms with E-state index >= 15 is 0 Å². The number of nitrogens with one attached hydrogen (secondary N) is 1. The van der Waals surface area contributed by atoms with Crippen LogP contribution in [-0.2, 0) is 6.61 Å². The van der Waals surface area contributed by atoms with E-state index in [0.29, 0.717) is 28.2 Å². The van der Waals surface area contributed by atoms with E-state index in [2.05, 4.69) is 9.97 Å². The number of H-pyrrole nitrogens is 1. The van der Waals surface area contributed by atoms with Gasteiger partial charge in [0, 0.05) is 11.1 Å². The average Bonchev–Trinajstić information content (AvgIpc) is 2.73. The van der Waals surface area contributed by atoms with Gasteiger partial charge in [0.25, 0.3) is 5.56 Å². The summed E-state index contributed by atoms with van der Waals surface area (Å²) in [6, 6.07) is 18.5. The molecule has 0 saturated heterocycles. The highest BCUT2D eigenvalue weighted by Gasteiger charge is 2.10. The van der Waals surface area contributed by atoms with Gasteiger partial charge in [0.05, 0.1) is 18.0 Å². The number of aromatic nitrogens is 2. The second-order valence-electron chi connectivity index (χ2n) is 6.20. The summed E-state index contributed by atoms with van der Waals surface area (Å²) in [5.74, 6) is 1.34. The van der Waals surface area contributed by atoms with Crippen LogP contribution in [0.5, 0.6) is 11.5 Å². The van der Waals surface area contributed by atoms with Gasteiger partial charge < -0.3 is 14.5 Å². The van der Waals surface area contributed by atoms with Crippen LogP contribution in [0, 0.1) is 5.82 Å². The summed E-state index contributed by atoms with van der Waals surface area (Å²) in [7, 11) is 1.58. The summed E-state index contributed by atoms with van der Waals surface area (Å²) in [4.78, 5) is 19.7. The molecule has 0 atom stereocenters. The molecular formula is C22H17FN2O3. The number of hydrogen-bond acceptors (Lipinski definition) is 4. The highest BCUT2D eigenvalue weighted by molar-refractivity contribution is 5.79. The molecule has 1 N–H and O–H groups in total. The zero-order valence-electron chi connectivity index (χ0n) is 15.1. The lowest BCUT2D eigenvalue weighted by molar-refractivity contribution is 0.296. The Morgan fingerprint density at radius 2 is 1.82 bits per heavy atom. The Balaban J connectivity index is 1.68. The first-order chi connectivity index (χ1) is 13.6. The number of benzene rings is 3. The van der Waals surface area contributed by atoms with Crippen molar-refractivity contribution in [1.29, 1.82) is 0 Å². The first kappa shape index (κ1) is 17.7. The van der Waals surface area contributed by atoms with Crippen LogP contribution in [0.25, 0.3) is 22.3 Å². The minimum atomic E-state index is -0.321. The third kappa shape index (κ3) is 3.57. The minimum Gasteiger partial charge on any atom is -0.496 e. The molecule has 0 saturated carbocycles. The maximum Gasteiger partial charge on any atom is 0.259 e. The molecule has 0 fully saturated rings. The molecule has 4 aromatic rings. The van der Waals surface area contributed by atoms with Gasteiger partial charge in [-0.3, -0.25) is 4.79 Å². The van der Waals surface area contributed by atoms with E-state index in [0.717, 1.165) is 11.1 Å². The van der Waals surface area contributed by atoms with Gasteiger partial charge in [-0.1, -0.05) is 12.1 Å². The van der Waals surface area contributed by atoms with Crippen LogP contribution in [0.4, 0.5) is 4.39 Å². The SMILES string of the molecule is COc1ccc(-c2nc3ccccc3c(=O)[nH]2)cc1COc1ccc(F)cc1. The standard InChI is InChI=1S/C22H17FN2O3/c1-27-20-11-6-14(12-15(20)13-28-17-9-7-16(23)8-10-17)21-24-19-5-3-2-4-18(19)22(26)25-21/h2-12H,13H2,1H3,(H,24,25,26). The number of fused-ring (bicyclic) bond motifs is 1. The predicted molar refractivity (Wildman–Crippen MR) is 105 cm³/mol. The molecule has 0 spiro atoms. The van der Waals surface area contributed by atoms with Crippen molar-refractivity contribution >= 4 is 10.9 Å². The lowest BCUT2D eigenvalue weighted by atomic mass is 10.1. The van der Waals surface area contributed by atoms with Crippen LogP contribution < -0.4 is 15.0 Å². The number of ether oxygens (including phenoxy) is 2. The zero-order valence-corrected chi connectivity index (χ0v) is 15.1. The summed E-state index contributed by atoms with van der Waals surface area (Å²) in [5, 5.41) is 0.541. The summed E-state index contributed by atoms with van der Waals surface area (Å²) in [5.41, 5.74) is 1.95. The first-order valence-electron chi connectivity index (χ1n) is 8.69. The van der Waals surface area contributed by atoms with Gasteiger partial charge in [0.2, 0.25) is 0 Å². The van der Waals surface area contributed by atoms with E-state index in [4.69, 9.17) is 9.47 Å². The van der Waals surface area contributed by atoms with Crippen molar-refractivity contribution < 1.29 is 13.9 Å². The topological polar surface area (TPSA) is 64.2 Å². The number of para-hydroxylation sites is 1. The van der Waals surface area contributed by atoms with E-state index in [-0.39, 0.29) is 18.0 Å². The van der Waals surface area contributed by atoms with Crippen molar-refractivity contribution in [3.63, 3.8) is 0 Å². The fourth-order valence-corrected chi connectivity index (χ4v) is 2.95. The molecule has 5 nitrogen and oxygen atoms in total. The molecule has 1 heterocycles. The summed E-state index contributed by atoms with van der Waals surface area (Å²) < 4.78 is 24.2. The van der Waals surface area contributed by atoms with Crippen molar-refractivity contribution in [1.82, 2.24) is 9.97 Å². The maximum atomic E-state index is 13.0. The van der Waals surface area contributed by atoms with Crippen LogP contribution >= 0.6 is 0 Å². The second-order valence-corrected chi connectivity index (χ2v) is 6.20. The van der Waals surface area contributed by atoms with Gasteiger partial charge in [0.15, 0.2) is 0 Å². The van der Waals surface area contributed by atoms with E-state index in [9.17, 15) is 9.18 Å². The van der Waals surface area contributed by atoms with Crippen LogP contribution in [0.2, 0.25) is 0 Å². The normalized spacial score (nSPS) is 10.8. The third-order valence-electron chi connectivity index (χ3n) is 4.37. The van der Waals surface area contributed by atoms with E-state index in [1.165, 1.54) is 12.1 Å². The van der Waals surface area contributed by atoms with Crippen molar-refractivity contribution in [2.75, 3.05) is 7.11 Å². The highest BCUT2D eigenvalue weighted by atomic mass is 19.1. The molecule has 0 aliphatic heterocycles. The quantitative estimate of drug-likeness (QED) is 0.564. The number of rotatable bonds is 5. The molecule has 28 heavy (non-hydrogen) atoms. The predicted octanol–water partition coefficient (Wildman–Crippen LogP) is 4.32. The zero-order chi connectivity index (χ0) is 19.5. The van der Waals surface area contributed by atoms with Gasteiger partial charge in [-0.05, 0) is 54.6 Å². The minimum absolute atomic E-state index is 0.194. The van der Waals surface area contributed by atoms with Crippen molar-refractivity contribution in [3.8, 4) is 22.9 Å². The van der Waals surface area contributed by atoms with Crippen LogP contribution in [0.1, 0.15) is 5.56 Å². The molecule has 0 bridgehead atoms. The van der Waals surface area contributed by atoms with Gasteiger partial charge in [-0.25, -0.2) is 9.37 Å². The molecule has 140 valence electrons. The number of nitrogens with zero attached hydrogens (tertiary/aromatic N) is 1. The van der Waals surface area contributed by atoms with Crippen molar-refractivity contribution in [2.24, 2.45) is 0 Å². The molecule has 0 amide bonds. The van der Waals surface area contributed by atoms with Gasteiger partial charge in [-0.15, -0.1) is 0 Å². The fourth-order valence-electron chi connectivity index (χ4n) is 2.95. The van der Waals surface area contributed by atoms with Gasteiger partial charge in [0.1, 0.15) is 29.7 Å². The summed E-state index contributed by atoms with van der Waals surface area (Å²) in [6.07, 6.45) is 0. The van der Waals surface area contributed by atoms with Crippen LogP contribution in [-0.4, -0.2) is 17.1 Å². The smallest absolute Gasteiger partial charge is 0.259 e. The largest absolute Gasteiger partial charge is 0.496 e. The Hall–Kier alpha value is -3.67. The van der Waals surface area contributed by atoms with Crippen molar-refractivity contribution in [3.05, 3.63) is 88.5 Å². The Labute approximate surface area is 160 Å². The van der Waals surface area contributed by atoms with Crippen molar-refractivity contribution in [2.45, 2.75) is 6.61 Å². The Morgan fingerprint density at radius 1 is 1.04 bits per heavy atom. The molecule has 0 unspecified atom stereocenters. The monoisotopic (exact) mass is 376 g/mol. The Kier molecular flexibility index (Phi) is 4.76. The molecule has 0 aliphatic carbocycles. The Bertz CT molecular complexity index is 1190. The van der Waals surface area contributed by atoms with E-state index in [1.807, 2.05) is 18.2 Å². The molecule has 0 aliphatic rings. The molecule has 0 radical (unpaired) electrons. The lowest BCUT2D eigenvalue weighted by Gasteiger charge is -2.12. The summed E-state index contributed by atoms with van der Waals surface area (Å²) in [6.45, 7) is 0.223. The van der Waals surface area contributed by atoms with E-state index < -0.39 is 0 Å². The highest BCUT2D eigenvalue weighted by Crippen LogP contribution is 2.26. The van der Waals surface area contributed by atoms with E-state index in [1.54, 1.807) is 43.5 Å². The molecule has 4 rings (SSSR count).